The fourth-order valence-electron chi connectivity index (χ4n) is 8.71. The van der Waals surface area contributed by atoms with E-state index in [0.29, 0.717) is 11.3 Å². The molecule has 2 fully saturated rings. The molecule has 176 valence electrons. The second kappa shape index (κ2) is 8.01. The summed E-state index contributed by atoms with van der Waals surface area (Å²) in [5.74, 6) is 2.32. The largest absolute Gasteiger partial charge is 0.393 e. The highest BCUT2D eigenvalue weighted by atomic mass is 16.3. The van der Waals surface area contributed by atoms with E-state index >= 15 is 0 Å². The van der Waals surface area contributed by atoms with Crippen LogP contribution >= 0.6 is 0 Å². The summed E-state index contributed by atoms with van der Waals surface area (Å²) in [5, 5.41) is 21.6. The van der Waals surface area contributed by atoms with Crippen LogP contribution in [0.2, 0.25) is 0 Å². The third kappa shape index (κ3) is 3.50. The zero-order valence-electron chi connectivity index (χ0n) is 21.1. The summed E-state index contributed by atoms with van der Waals surface area (Å²) in [4.78, 5) is 0. The van der Waals surface area contributed by atoms with Crippen LogP contribution < -0.4 is 0 Å². The Hall–Kier alpha value is -0.600. The molecule has 0 spiro atoms. The van der Waals surface area contributed by atoms with Crippen LogP contribution in [0.3, 0.4) is 0 Å². The molecule has 0 heterocycles. The van der Waals surface area contributed by atoms with Crippen LogP contribution in [-0.4, -0.2) is 22.4 Å². The Labute approximate surface area is 191 Å². The minimum absolute atomic E-state index is 0.0925. The van der Waals surface area contributed by atoms with Gasteiger partial charge in [0.2, 0.25) is 0 Å². The average molecular weight is 429 g/mol. The Bertz CT molecular complexity index is 750. The van der Waals surface area contributed by atoms with Crippen molar-refractivity contribution in [3.05, 3.63) is 23.3 Å². The quantitative estimate of drug-likeness (QED) is 0.460. The summed E-state index contributed by atoms with van der Waals surface area (Å²) in [7, 11) is 0. The standard InChI is InChI=1S/C29H48O2/c1-18(2)19(3)8-9-20(4)22-11-14-29(7)24-17-26(31)25-16-21(30)10-13-27(25,5)23(24)12-15-28(22,29)6/h18,20-22,25-26,30-31H,3,8-17H2,1-2,4-7H3/t20-,21?,22-,25?,26?,27-,28-,29+/m1/s1. The van der Waals surface area contributed by atoms with E-state index in [4.69, 9.17) is 0 Å². The van der Waals surface area contributed by atoms with E-state index in [1.165, 1.54) is 37.7 Å². The molecule has 4 aliphatic rings. The van der Waals surface area contributed by atoms with Gasteiger partial charge in [-0.15, -0.1) is 0 Å². The molecule has 0 saturated heterocycles. The van der Waals surface area contributed by atoms with Crippen LogP contribution in [0.25, 0.3) is 0 Å². The van der Waals surface area contributed by atoms with Crippen molar-refractivity contribution in [2.24, 2.45) is 39.9 Å². The van der Waals surface area contributed by atoms with Gasteiger partial charge < -0.3 is 10.2 Å². The normalized spacial score (nSPS) is 45.8. The number of hydrogen-bond donors (Lipinski definition) is 2. The summed E-state index contributed by atoms with van der Waals surface area (Å²) in [5.41, 5.74) is 5.37. The van der Waals surface area contributed by atoms with Crippen LogP contribution in [0.5, 0.6) is 0 Å². The maximum Gasteiger partial charge on any atom is 0.0615 e. The first-order chi connectivity index (χ1) is 14.4. The number of aliphatic hydroxyl groups is 2. The molecule has 0 aliphatic heterocycles. The van der Waals surface area contributed by atoms with Crippen molar-refractivity contribution in [3.8, 4) is 0 Å². The average Bonchev–Trinajstić information content (AvgIpc) is 2.99. The van der Waals surface area contributed by atoms with Crippen molar-refractivity contribution in [2.75, 3.05) is 0 Å². The Kier molecular flexibility index (Phi) is 6.09. The molecule has 31 heavy (non-hydrogen) atoms. The van der Waals surface area contributed by atoms with Crippen molar-refractivity contribution >= 4 is 0 Å². The molecule has 2 N–H and O–H groups in total. The van der Waals surface area contributed by atoms with E-state index in [9.17, 15) is 10.2 Å². The van der Waals surface area contributed by atoms with Gasteiger partial charge in [-0.1, -0.05) is 64.8 Å². The molecule has 2 saturated carbocycles. The van der Waals surface area contributed by atoms with E-state index < -0.39 is 0 Å². The summed E-state index contributed by atoms with van der Waals surface area (Å²) >= 11 is 0. The Morgan fingerprint density at radius 3 is 2.42 bits per heavy atom. The first-order valence-electron chi connectivity index (χ1n) is 13.2. The lowest BCUT2D eigenvalue weighted by atomic mass is 9.46. The van der Waals surface area contributed by atoms with Crippen molar-refractivity contribution in [1.29, 1.82) is 0 Å². The molecule has 3 unspecified atom stereocenters. The van der Waals surface area contributed by atoms with Gasteiger partial charge in [0.1, 0.15) is 0 Å². The monoisotopic (exact) mass is 428 g/mol. The number of rotatable bonds is 5. The van der Waals surface area contributed by atoms with E-state index in [1.807, 2.05) is 0 Å². The predicted molar refractivity (Wildman–Crippen MR) is 130 cm³/mol. The molecule has 4 rings (SSSR count). The molecular weight excluding hydrogens is 380 g/mol. The van der Waals surface area contributed by atoms with Crippen molar-refractivity contribution in [1.82, 2.24) is 0 Å². The highest BCUT2D eigenvalue weighted by molar-refractivity contribution is 5.39. The van der Waals surface area contributed by atoms with Crippen LogP contribution in [0.4, 0.5) is 0 Å². The van der Waals surface area contributed by atoms with Gasteiger partial charge >= 0.3 is 0 Å². The molecule has 0 aromatic carbocycles. The molecule has 4 aliphatic carbocycles. The first kappa shape index (κ1) is 23.6. The number of hydrogen-bond acceptors (Lipinski definition) is 2. The van der Waals surface area contributed by atoms with Crippen LogP contribution in [0.15, 0.2) is 23.3 Å². The molecule has 0 aromatic rings. The highest BCUT2D eigenvalue weighted by Crippen LogP contribution is 2.71. The molecule has 0 amide bonds. The minimum Gasteiger partial charge on any atom is -0.393 e. The molecule has 2 heteroatoms. The SMILES string of the molecule is C=C(CC[C@@H](C)[C@H]1CC[C@@]2(C)C3=C(CC[C@]12C)[C@@]1(C)CCC(O)CC1C(O)C3)C(C)C. The van der Waals surface area contributed by atoms with Crippen LogP contribution in [-0.2, 0) is 0 Å². The Morgan fingerprint density at radius 2 is 1.74 bits per heavy atom. The van der Waals surface area contributed by atoms with Crippen molar-refractivity contribution < 1.29 is 10.2 Å². The van der Waals surface area contributed by atoms with Gasteiger partial charge in [0.25, 0.3) is 0 Å². The topological polar surface area (TPSA) is 40.5 Å². The molecular formula is C29H48O2. The molecule has 0 aromatic heterocycles. The number of fused-ring (bicyclic) bond motifs is 4. The van der Waals surface area contributed by atoms with Gasteiger partial charge in [0.15, 0.2) is 0 Å². The summed E-state index contributed by atoms with van der Waals surface area (Å²) < 4.78 is 0. The minimum atomic E-state index is -0.288. The van der Waals surface area contributed by atoms with Crippen LogP contribution in [0.1, 0.15) is 106 Å². The van der Waals surface area contributed by atoms with Gasteiger partial charge in [0, 0.05) is 0 Å². The van der Waals surface area contributed by atoms with E-state index in [-0.39, 0.29) is 29.0 Å². The lowest BCUT2D eigenvalue weighted by Gasteiger charge is -2.59. The van der Waals surface area contributed by atoms with Crippen LogP contribution in [0, 0.1) is 39.9 Å². The smallest absolute Gasteiger partial charge is 0.0615 e. The second-order valence-corrected chi connectivity index (χ2v) is 12.9. The lowest BCUT2D eigenvalue weighted by Crippen LogP contribution is -2.53. The van der Waals surface area contributed by atoms with Gasteiger partial charge in [-0.25, -0.2) is 0 Å². The zero-order chi connectivity index (χ0) is 22.8. The lowest BCUT2D eigenvalue weighted by molar-refractivity contribution is -0.0606. The molecule has 2 nitrogen and oxygen atoms in total. The van der Waals surface area contributed by atoms with Gasteiger partial charge in [0.05, 0.1) is 12.2 Å². The second-order valence-electron chi connectivity index (χ2n) is 12.9. The van der Waals surface area contributed by atoms with Crippen molar-refractivity contribution in [3.63, 3.8) is 0 Å². The highest BCUT2D eigenvalue weighted by Gasteiger charge is 2.62. The number of aliphatic hydroxyl groups excluding tert-OH is 2. The van der Waals surface area contributed by atoms with Crippen molar-refractivity contribution in [2.45, 2.75) is 118 Å². The Morgan fingerprint density at radius 1 is 1.03 bits per heavy atom. The maximum absolute atomic E-state index is 11.3. The van der Waals surface area contributed by atoms with Gasteiger partial charge in [-0.2, -0.15) is 0 Å². The van der Waals surface area contributed by atoms with E-state index in [0.717, 1.165) is 43.9 Å². The predicted octanol–water partition coefficient (Wildman–Crippen LogP) is 7.06. The van der Waals surface area contributed by atoms with E-state index in [1.54, 1.807) is 11.1 Å². The molecule has 0 radical (unpaired) electrons. The summed E-state index contributed by atoms with van der Waals surface area (Å²) in [6.07, 6.45) is 10.6. The zero-order valence-corrected chi connectivity index (χ0v) is 21.1. The fraction of sp³-hybridized carbons (Fsp3) is 0.862. The third-order valence-electron chi connectivity index (χ3n) is 11.3. The fourth-order valence-corrected chi connectivity index (χ4v) is 8.71. The number of allylic oxidation sites excluding steroid dienone is 2. The van der Waals surface area contributed by atoms with Gasteiger partial charge in [-0.3, -0.25) is 0 Å². The summed E-state index contributed by atoms with van der Waals surface area (Å²) in [6, 6.07) is 0. The Balaban J connectivity index is 1.62. The molecule has 0 bridgehead atoms. The first-order valence-corrected chi connectivity index (χ1v) is 13.2. The maximum atomic E-state index is 11.3. The van der Waals surface area contributed by atoms with E-state index in [2.05, 4.69) is 48.1 Å². The molecule has 8 atom stereocenters. The third-order valence-corrected chi connectivity index (χ3v) is 11.3. The summed E-state index contributed by atoms with van der Waals surface area (Å²) in [6.45, 7) is 18.9. The van der Waals surface area contributed by atoms with Gasteiger partial charge in [-0.05, 0) is 104 Å².